The average Bonchev–Trinajstić information content (AvgIpc) is 2.22. The second kappa shape index (κ2) is 13.8. The first kappa shape index (κ1) is 17.2. The van der Waals surface area contributed by atoms with Gasteiger partial charge < -0.3 is 20.4 Å². The Bertz CT molecular complexity index is 103. The monoisotopic (exact) mass is 222 g/mol. The van der Waals surface area contributed by atoms with Crippen LogP contribution in [-0.2, 0) is 0 Å². The van der Waals surface area contributed by atoms with Gasteiger partial charge in [-0.2, -0.15) is 0 Å². The van der Waals surface area contributed by atoms with E-state index in [0.29, 0.717) is 6.42 Å². The third-order valence-corrected chi connectivity index (χ3v) is 2.20. The summed E-state index contributed by atoms with van der Waals surface area (Å²) in [6.45, 7) is 4.32. The summed E-state index contributed by atoms with van der Waals surface area (Å²) < 4.78 is 0. The van der Waals surface area contributed by atoms with E-state index >= 15 is 0 Å². The highest BCUT2D eigenvalue weighted by Gasteiger charge is 2.14. The number of rotatable bonds is 7. The number of aliphatic hydroxyl groups is 4. The molecule has 0 amide bonds. The number of aliphatic hydroxyl groups excluding tert-OH is 4. The van der Waals surface area contributed by atoms with Gasteiger partial charge in [-0.15, -0.1) is 0 Å². The van der Waals surface area contributed by atoms with Crippen LogP contribution < -0.4 is 0 Å². The Morgan fingerprint density at radius 3 is 1.73 bits per heavy atom. The van der Waals surface area contributed by atoms with Crippen LogP contribution in [0.25, 0.3) is 0 Å². The van der Waals surface area contributed by atoms with Crippen LogP contribution >= 0.6 is 0 Å². The minimum absolute atomic E-state index is 0.0833. The first-order valence-corrected chi connectivity index (χ1v) is 5.68. The predicted molar refractivity (Wildman–Crippen MR) is 60.6 cm³/mol. The van der Waals surface area contributed by atoms with Crippen molar-refractivity contribution < 1.29 is 20.4 Å². The minimum atomic E-state index is -0.306. The van der Waals surface area contributed by atoms with Crippen molar-refractivity contribution in [3.63, 3.8) is 0 Å². The lowest BCUT2D eigenvalue weighted by atomic mass is 9.97. The van der Waals surface area contributed by atoms with Crippen molar-refractivity contribution >= 4 is 0 Å². The molecular formula is C11H26O4. The van der Waals surface area contributed by atoms with Gasteiger partial charge in [-0.3, -0.25) is 0 Å². The Labute approximate surface area is 92.6 Å². The quantitative estimate of drug-likeness (QED) is 0.506. The molecule has 0 aromatic carbocycles. The van der Waals surface area contributed by atoms with Crippen LogP contribution in [0.5, 0.6) is 0 Å². The highest BCUT2D eigenvalue weighted by molar-refractivity contribution is 4.65. The van der Waals surface area contributed by atoms with Gasteiger partial charge in [0.25, 0.3) is 0 Å². The Kier molecular flexibility index (Phi) is 15.9. The van der Waals surface area contributed by atoms with Gasteiger partial charge in [-0.1, -0.05) is 20.3 Å². The van der Waals surface area contributed by atoms with E-state index in [0.717, 1.165) is 19.3 Å². The fourth-order valence-corrected chi connectivity index (χ4v) is 1.13. The Balaban J connectivity index is 0. The number of hydrogen-bond acceptors (Lipinski definition) is 4. The van der Waals surface area contributed by atoms with E-state index < -0.39 is 0 Å². The summed E-state index contributed by atoms with van der Waals surface area (Å²) >= 11 is 0. The standard InChI is InChI=1S/C8H18O2.C3H8O2/c1-3-5-8(10)7(4-2)6-9;4-2-1-3-5/h7-10H,3-6H2,1-2H3;4-5H,1-3H2. The second-order valence-corrected chi connectivity index (χ2v) is 3.51. The molecule has 94 valence electrons. The van der Waals surface area contributed by atoms with Crippen molar-refractivity contribution in [2.45, 2.75) is 45.6 Å². The molecule has 0 bridgehead atoms. The van der Waals surface area contributed by atoms with E-state index in [2.05, 4.69) is 0 Å². The molecule has 4 N–H and O–H groups in total. The molecule has 0 aromatic heterocycles. The van der Waals surface area contributed by atoms with Crippen molar-refractivity contribution in [1.29, 1.82) is 0 Å². The third kappa shape index (κ3) is 11.8. The highest BCUT2D eigenvalue weighted by Crippen LogP contribution is 2.11. The van der Waals surface area contributed by atoms with E-state index in [1.165, 1.54) is 0 Å². The zero-order valence-corrected chi connectivity index (χ0v) is 9.89. The van der Waals surface area contributed by atoms with Crippen molar-refractivity contribution in [2.75, 3.05) is 19.8 Å². The molecule has 0 aromatic rings. The molecule has 0 aliphatic rings. The van der Waals surface area contributed by atoms with E-state index in [4.69, 9.17) is 15.3 Å². The summed E-state index contributed by atoms with van der Waals surface area (Å²) in [7, 11) is 0. The predicted octanol–water partition coefficient (Wildman–Crippen LogP) is 0.527. The molecular weight excluding hydrogens is 196 g/mol. The molecule has 0 heterocycles. The van der Waals surface area contributed by atoms with E-state index in [-0.39, 0.29) is 31.8 Å². The topological polar surface area (TPSA) is 80.9 Å². The summed E-state index contributed by atoms with van der Waals surface area (Å²) in [5, 5.41) is 33.9. The molecule has 0 fully saturated rings. The van der Waals surface area contributed by atoms with Crippen LogP contribution in [0.2, 0.25) is 0 Å². The molecule has 0 radical (unpaired) electrons. The van der Waals surface area contributed by atoms with Gasteiger partial charge in [-0.25, -0.2) is 0 Å². The summed E-state index contributed by atoms with van der Waals surface area (Å²) in [5.74, 6) is 0.0833. The molecule has 4 nitrogen and oxygen atoms in total. The van der Waals surface area contributed by atoms with Crippen molar-refractivity contribution in [3.8, 4) is 0 Å². The Morgan fingerprint density at radius 1 is 1.00 bits per heavy atom. The molecule has 2 atom stereocenters. The van der Waals surface area contributed by atoms with Crippen LogP contribution in [0.4, 0.5) is 0 Å². The van der Waals surface area contributed by atoms with E-state index in [1.807, 2.05) is 13.8 Å². The fourth-order valence-electron chi connectivity index (χ4n) is 1.13. The summed E-state index contributed by atoms with van der Waals surface area (Å²) in [6, 6.07) is 0. The second-order valence-electron chi connectivity index (χ2n) is 3.51. The Morgan fingerprint density at radius 2 is 1.53 bits per heavy atom. The lowest BCUT2D eigenvalue weighted by molar-refractivity contribution is 0.0584. The van der Waals surface area contributed by atoms with Gasteiger partial charge in [0, 0.05) is 25.7 Å². The van der Waals surface area contributed by atoms with E-state index in [1.54, 1.807) is 0 Å². The highest BCUT2D eigenvalue weighted by atomic mass is 16.3. The molecule has 0 aliphatic carbocycles. The lowest BCUT2D eigenvalue weighted by Gasteiger charge is -2.17. The smallest absolute Gasteiger partial charge is 0.0590 e. The van der Waals surface area contributed by atoms with Gasteiger partial charge >= 0.3 is 0 Å². The molecule has 2 unspecified atom stereocenters. The summed E-state index contributed by atoms with van der Waals surface area (Å²) in [6.07, 6.45) is 2.84. The fraction of sp³-hybridized carbons (Fsp3) is 1.00. The van der Waals surface area contributed by atoms with Crippen LogP contribution in [0.3, 0.4) is 0 Å². The molecule has 15 heavy (non-hydrogen) atoms. The molecule has 4 heteroatoms. The molecule has 0 aliphatic heterocycles. The van der Waals surface area contributed by atoms with Gasteiger partial charge in [0.15, 0.2) is 0 Å². The minimum Gasteiger partial charge on any atom is -0.396 e. The third-order valence-electron chi connectivity index (χ3n) is 2.20. The average molecular weight is 222 g/mol. The van der Waals surface area contributed by atoms with Crippen LogP contribution in [0, 0.1) is 5.92 Å². The molecule has 0 rings (SSSR count). The van der Waals surface area contributed by atoms with Crippen LogP contribution in [0.15, 0.2) is 0 Å². The maximum Gasteiger partial charge on any atom is 0.0590 e. The maximum absolute atomic E-state index is 9.35. The van der Waals surface area contributed by atoms with Crippen LogP contribution in [0.1, 0.15) is 39.5 Å². The van der Waals surface area contributed by atoms with Gasteiger partial charge in [0.2, 0.25) is 0 Å². The van der Waals surface area contributed by atoms with E-state index in [9.17, 15) is 5.11 Å². The van der Waals surface area contributed by atoms with Crippen LogP contribution in [-0.4, -0.2) is 46.4 Å². The zero-order valence-electron chi connectivity index (χ0n) is 9.89. The van der Waals surface area contributed by atoms with Crippen molar-refractivity contribution in [2.24, 2.45) is 5.92 Å². The zero-order chi connectivity index (χ0) is 12.1. The maximum atomic E-state index is 9.35. The van der Waals surface area contributed by atoms with Gasteiger partial charge in [0.05, 0.1) is 6.10 Å². The molecule has 0 saturated carbocycles. The summed E-state index contributed by atoms with van der Waals surface area (Å²) in [5.41, 5.74) is 0. The van der Waals surface area contributed by atoms with Gasteiger partial charge in [-0.05, 0) is 19.3 Å². The Hall–Kier alpha value is -0.160. The molecule has 0 saturated heterocycles. The number of hydrogen-bond donors (Lipinski definition) is 4. The lowest BCUT2D eigenvalue weighted by Crippen LogP contribution is -2.22. The SMILES string of the molecule is CCCC(O)C(CC)CO.OCCCO. The molecule has 0 spiro atoms. The van der Waals surface area contributed by atoms with Gasteiger partial charge in [0.1, 0.15) is 0 Å². The first-order valence-electron chi connectivity index (χ1n) is 5.68. The summed E-state index contributed by atoms with van der Waals surface area (Å²) in [4.78, 5) is 0. The van der Waals surface area contributed by atoms with Crippen molar-refractivity contribution in [3.05, 3.63) is 0 Å². The normalized spacial score (nSPS) is 14.0. The largest absolute Gasteiger partial charge is 0.396 e. The first-order chi connectivity index (χ1) is 7.17. The van der Waals surface area contributed by atoms with Crippen molar-refractivity contribution in [1.82, 2.24) is 0 Å².